The average Bonchev–Trinajstić information content (AvgIpc) is 3.06. The Labute approximate surface area is 193 Å². The molecule has 32 heavy (non-hydrogen) atoms. The van der Waals surface area contributed by atoms with E-state index in [0.717, 1.165) is 0 Å². The number of aromatic hydroxyl groups is 1. The fourth-order valence-corrected chi connectivity index (χ4v) is 3.90. The van der Waals surface area contributed by atoms with Crippen LogP contribution in [0.1, 0.15) is 22.7 Å². The molecular weight excluding hydrogens is 451 g/mol. The Morgan fingerprint density at radius 3 is 2.31 bits per heavy atom. The number of carbonyl (C=O) groups excluding carboxylic acids is 2. The van der Waals surface area contributed by atoms with E-state index in [1.54, 1.807) is 24.3 Å². The van der Waals surface area contributed by atoms with Crippen molar-refractivity contribution >= 4 is 46.3 Å². The Morgan fingerprint density at radius 1 is 0.969 bits per heavy atom. The molecule has 1 unspecified atom stereocenters. The van der Waals surface area contributed by atoms with Crippen LogP contribution in [0.25, 0.3) is 5.76 Å². The number of nitrogens with zero attached hydrogens (tertiary/aromatic N) is 2. The van der Waals surface area contributed by atoms with E-state index in [1.807, 2.05) is 6.07 Å². The number of anilines is 1. The number of phenols is 1. The number of benzene rings is 3. The van der Waals surface area contributed by atoms with Gasteiger partial charge in [-0.3, -0.25) is 14.5 Å². The molecule has 8 heteroatoms. The standard InChI is InChI=1S/C24H14Cl2N2O4/c25-18-9-6-15(11-19(18)26)22(30)20-21(14-2-1-3-17(29)10-14)28(24(32)23(20)31)16-7-4-13(12-27)5-8-16/h1-11,21,29-30H/b22-20-. The van der Waals surface area contributed by atoms with Crippen LogP contribution in [0.5, 0.6) is 5.75 Å². The Hall–Kier alpha value is -3.79. The van der Waals surface area contributed by atoms with Crippen molar-refractivity contribution in [2.45, 2.75) is 6.04 Å². The molecule has 1 heterocycles. The van der Waals surface area contributed by atoms with Crippen molar-refractivity contribution in [1.29, 1.82) is 5.26 Å². The Morgan fingerprint density at radius 2 is 1.69 bits per heavy atom. The van der Waals surface area contributed by atoms with Gasteiger partial charge in [-0.2, -0.15) is 5.26 Å². The molecule has 0 aliphatic carbocycles. The Balaban J connectivity index is 1.95. The summed E-state index contributed by atoms with van der Waals surface area (Å²) in [4.78, 5) is 27.3. The minimum absolute atomic E-state index is 0.0672. The molecule has 3 aromatic carbocycles. The van der Waals surface area contributed by atoms with Crippen LogP contribution >= 0.6 is 23.2 Å². The van der Waals surface area contributed by atoms with Crippen LogP contribution in [0.4, 0.5) is 5.69 Å². The second-order valence-corrected chi connectivity index (χ2v) is 7.87. The first-order valence-electron chi connectivity index (χ1n) is 9.37. The summed E-state index contributed by atoms with van der Waals surface area (Å²) in [5, 5.41) is 30.5. The average molecular weight is 465 g/mol. The lowest BCUT2D eigenvalue weighted by molar-refractivity contribution is -0.132. The normalized spacial score (nSPS) is 17.4. The van der Waals surface area contributed by atoms with Gasteiger partial charge in [0.2, 0.25) is 0 Å². The number of hydrogen-bond acceptors (Lipinski definition) is 5. The van der Waals surface area contributed by atoms with E-state index in [9.17, 15) is 19.8 Å². The quantitative estimate of drug-likeness (QED) is 0.315. The predicted octanol–water partition coefficient (Wildman–Crippen LogP) is 5.20. The van der Waals surface area contributed by atoms with Crippen LogP contribution in [-0.2, 0) is 9.59 Å². The summed E-state index contributed by atoms with van der Waals surface area (Å²) in [6.07, 6.45) is 0. The van der Waals surface area contributed by atoms with E-state index in [2.05, 4.69) is 0 Å². The lowest BCUT2D eigenvalue weighted by Gasteiger charge is -2.25. The number of aliphatic hydroxyl groups excluding tert-OH is 1. The number of nitriles is 1. The highest BCUT2D eigenvalue weighted by molar-refractivity contribution is 6.51. The predicted molar refractivity (Wildman–Crippen MR) is 121 cm³/mol. The zero-order valence-corrected chi connectivity index (χ0v) is 17.8. The first-order valence-corrected chi connectivity index (χ1v) is 10.1. The summed E-state index contributed by atoms with van der Waals surface area (Å²) in [5.41, 5.74) is 1.20. The third kappa shape index (κ3) is 3.69. The van der Waals surface area contributed by atoms with E-state index in [4.69, 9.17) is 28.5 Å². The van der Waals surface area contributed by atoms with Gasteiger partial charge in [0.05, 0.1) is 33.3 Å². The minimum atomic E-state index is -1.02. The zero-order valence-electron chi connectivity index (χ0n) is 16.3. The molecule has 1 saturated heterocycles. The number of amides is 1. The number of hydrogen-bond donors (Lipinski definition) is 2. The largest absolute Gasteiger partial charge is 0.508 e. The summed E-state index contributed by atoms with van der Waals surface area (Å²) in [6.45, 7) is 0. The second-order valence-electron chi connectivity index (χ2n) is 7.05. The van der Waals surface area contributed by atoms with Crippen LogP contribution in [0.2, 0.25) is 10.0 Å². The van der Waals surface area contributed by atoms with Crippen molar-refractivity contribution in [2.24, 2.45) is 0 Å². The molecule has 0 radical (unpaired) electrons. The molecule has 1 aliphatic rings. The summed E-state index contributed by atoms with van der Waals surface area (Å²) in [5.74, 6) is -2.25. The van der Waals surface area contributed by atoms with Crippen molar-refractivity contribution < 1.29 is 19.8 Å². The third-order valence-electron chi connectivity index (χ3n) is 5.10. The van der Waals surface area contributed by atoms with E-state index >= 15 is 0 Å². The van der Waals surface area contributed by atoms with Crippen LogP contribution < -0.4 is 4.90 Å². The van der Waals surface area contributed by atoms with Gasteiger partial charge < -0.3 is 10.2 Å². The number of ketones is 1. The van der Waals surface area contributed by atoms with Gasteiger partial charge in [-0.05, 0) is 60.2 Å². The van der Waals surface area contributed by atoms with Crippen LogP contribution in [-0.4, -0.2) is 21.9 Å². The molecule has 3 aromatic rings. The summed E-state index contributed by atoms with van der Waals surface area (Å²) >= 11 is 12.0. The maximum absolute atomic E-state index is 13.1. The number of halogens is 2. The first-order chi connectivity index (χ1) is 15.3. The number of Topliss-reactive ketones (excluding diaryl/α,β-unsaturated/α-hetero) is 1. The van der Waals surface area contributed by atoms with Crippen LogP contribution in [0.15, 0.2) is 72.3 Å². The van der Waals surface area contributed by atoms with Gasteiger partial charge in [-0.1, -0.05) is 35.3 Å². The molecule has 0 spiro atoms. The van der Waals surface area contributed by atoms with Crippen molar-refractivity contribution in [3.63, 3.8) is 0 Å². The highest BCUT2D eigenvalue weighted by Crippen LogP contribution is 2.43. The lowest BCUT2D eigenvalue weighted by atomic mass is 9.95. The summed E-state index contributed by atoms with van der Waals surface area (Å²) in [6, 6.07) is 17.5. The SMILES string of the molecule is N#Cc1ccc(N2C(=O)C(=O)/C(=C(\O)c3ccc(Cl)c(Cl)c3)C2c2cccc(O)c2)cc1. The molecule has 158 valence electrons. The minimum Gasteiger partial charge on any atom is -0.508 e. The molecule has 4 rings (SSSR count). The van der Waals surface area contributed by atoms with Gasteiger partial charge in [0.1, 0.15) is 11.5 Å². The van der Waals surface area contributed by atoms with Crippen molar-refractivity contribution in [3.05, 3.63) is 99.0 Å². The van der Waals surface area contributed by atoms with Crippen molar-refractivity contribution in [2.75, 3.05) is 4.90 Å². The Kier molecular flexibility index (Phi) is 5.62. The summed E-state index contributed by atoms with van der Waals surface area (Å²) < 4.78 is 0. The second kappa shape index (κ2) is 8.39. The highest BCUT2D eigenvalue weighted by atomic mass is 35.5. The highest BCUT2D eigenvalue weighted by Gasteiger charge is 2.47. The van der Waals surface area contributed by atoms with E-state index in [-0.39, 0.29) is 26.9 Å². The topological polar surface area (TPSA) is 102 Å². The monoisotopic (exact) mass is 464 g/mol. The fourth-order valence-electron chi connectivity index (χ4n) is 3.60. The molecular formula is C24H14Cl2N2O4. The molecule has 1 fully saturated rings. The maximum Gasteiger partial charge on any atom is 0.300 e. The first kappa shape index (κ1) is 21.4. The number of rotatable bonds is 3. The van der Waals surface area contributed by atoms with E-state index in [0.29, 0.717) is 16.8 Å². The molecule has 6 nitrogen and oxygen atoms in total. The van der Waals surface area contributed by atoms with Crippen LogP contribution in [0.3, 0.4) is 0 Å². The molecule has 0 bridgehead atoms. The van der Waals surface area contributed by atoms with Gasteiger partial charge in [0.25, 0.3) is 11.7 Å². The number of aliphatic hydroxyl groups is 1. The smallest absolute Gasteiger partial charge is 0.300 e. The van der Waals surface area contributed by atoms with Gasteiger partial charge in [0, 0.05) is 11.3 Å². The van der Waals surface area contributed by atoms with Gasteiger partial charge in [-0.25, -0.2) is 0 Å². The van der Waals surface area contributed by atoms with Crippen molar-refractivity contribution in [1.82, 2.24) is 0 Å². The fraction of sp³-hybridized carbons (Fsp3) is 0.0417. The van der Waals surface area contributed by atoms with E-state index < -0.39 is 23.5 Å². The van der Waals surface area contributed by atoms with Gasteiger partial charge in [0.15, 0.2) is 0 Å². The van der Waals surface area contributed by atoms with Gasteiger partial charge in [-0.15, -0.1) is 0 Å². The molecule has 2 N–H and O–H groups in total. The molecule has 1 atom stereocenters. The summed E-state index contributed by atoms with van der Waals surface area (Å²) in [7, 11) is 0. The maximum atomic E-state index is 13.1. The van der Waals surface area contributed by atoms with Crippen molar-refractivity contribution in [3.8, 4) is 11.8 Å². The number of phenolic OH excluding ortho intramolecular Hbond substituents is 1. The van der Waals surface area contributed by atoms with E-state index in [1.165, 1.54) is 47.4 Å². The zero-order chi connectivity index (χ0) is 23.0. The molecule has 1 aliphatic heterocycles. The van der Waals surface area contributed by atoms with Crippen LogP contribution in [0, 0.1) is 11.3 Å². The Bertz CT molecular complexity index is 1330. The number of carbonyl (C=O) groups is 2. The molecule has 0 saturated carbocycles. The molecule has 0 aromatic heterocycles. The lowest BCUT2D eigenvalue weighted by Crippen LogP contribution is -2.29. The van der Waals surface area contributed by atoms with Gasteiger partial charge >= 0.3 is 0 Å². The third-order valence-corrected chi connectivity index (χ3v) is 5.84. The molecule has 1 amide bonds.